The zero-order valence-electron chi connectivity index (χ0n) is 16.8. The number of hydrogen-bond donors (Lipinski definition) is 1. The van der Waals surface area contributed by atoms with E-state index in [0.717, 1.165) is 6.92 Å². The molecule has 0 aliphatic heterocycles. The maximum atomic E-state index is 9.00. The fourth-order valence-electron chi connectivity index (χ4n) is 3.26. The van der Waals surface area contributed by atoms with Crippen LogP contribution in [0.15, 0.2) is 54.6 Å². The average molecular weight is 465 g/mol. The molecule has 0 spiro atoms. The van der Waals surface area contributed by atoms with Gasteiger partial charge in [0.25, 0.3) is 5.97 Å². The van der Waals surface area contributed by atoms with E-state index in [9.17, 15) is 0 Å². The van der Waals surface area contributed by atoms with Crippen LogP contribution < -0.4 is 5.30 Å². The van der Waals surface area contributed by atoms with E-state index in [1.807, 2.05) is 0 Å². The summed E-state index contributed by atoms with van der Waals surface area (Å²) in [5.74, 6) is -0.833. The molecule has 0 aromatic heterocycles. The summed E-state index contributed by atoms with van der Waals surface area (Å²) in [4.78, 5) is 9.00. The van der Waals surface area contributed by atoms with Crippen molar-refractivity contribution in [1.29, 1.82) is 0 Å². The molecule has 0 amide bonds. The normalized spacial score (nSPS) is 11.2. The summed E-state index contributed by atoms with van der Waals surface area (Å²) in [6.07, 6.45) is 0. The molecule has 0 heterocycles. The maximum Gasteiger partial charge on any atom is 0.300 e. The van der Waals surface area contributed by atoms with Crippen LogP contribution in [0.25, 0.3) is 11.1 Å². The minimum atomic E-state index is -0.833. The van der Waals surface area contributed by atoms with Gasteiger partial charge >= 0.3 is 0 Å². The van der Waals surface area contributed by atoms with Crippen LogP contribution in [0.3, 0.4) is 0 Å². The summed E-state index contributed by atoms with van der Waals surface area (Å²) in [5.41, 5.74) is 2.73. The van der Waals surface area contributed by atoms with E-state index in [2.05, 4.69) is 96.1 Å². The van der Waals surface area contributed by atoms with Crippen LogP contribution in [0, 0.1) is 0 Å². The van der Waals surface area contributed by atoms with E-state index in [0.29, 0.717) is 10.3 Å². The van der Waals surface area contributed by atoms with Gasteiger partial charge in [-0.05, 0) is 26.7 Å². The molecule has 2 nitrogen and oxygen atoms in total. The van der Waals surface area contributed by atoms with Crippen LogP contribution in [-0.4, -0.2) is 21.4 Å². The standard InChI is InChI=1S/C20H27P.C2H4O2.Pd/c1-19(2,3)21(20(4,5)6)18-15-11-10-14-17(18)16-12-8-7-9-13-16;1-2(3)4;/h7-15H,1-6H3;1H3,(H,3,4);. The fourth-order valence-corrected chi connectivity index (χ4v) is 7.40. The van der Waals surface area contributed by atoms with E-state index in [1.165, 1.54) is 16.4 Å². The van der Waals surface area contributed by atoms with Gasteiger partial charge in [0, 0.05) is 27.3 Å². The van der Waals surface area contributed by atoms with Gasteiger partial charge in [0.05, 0.1) is 0 Å². The van der Waals surface area contributed by atoms with Crippen LogP contribution in [0.1, 0.15) is 48.5 Å². The molecule has 0 unspecified atom stereocenters. The third-order valence-corrected chi connectivity index (χ3v) is 7.13. The molecule has 26 heavy (non-hydrogen) atoms. The first-order valence-electron chi connectivity index (χ1n) is 8.59. The zero-order valence-corrected chi connectivity index (χ0v) is 19.3. The van der Waals surface area contributed by atoms with Gasteiger partial charge in [0.1, 0.15) is 0 Å². The summed E-state index contributed by atoms with van der Waals surface area (Å²) in [6.45, 7) is 15.4. The molecule has 146 valence electrons. The van der Waals surface area contributed by atoms with Crippen molar-refractivity contribution in [1.82, 2.24) is 0 Å². The van der Waals surface area contributed by atoms with Crippen molar-refractivity contribution in [3.8, 4) is 11.1 Å². The largest absolute Gasteiger partial charge is 0.481 e. The van der Waals surface area contributed by atoms with Gasteiger partial charge in [-0.1, -0.05) is 104 Å². The Morgan fingerprint density at radius 2 is 1.19 bits per heavy atom. The molecular weight excluding hydrogens is 434 g/mol. The van der Waals surface area contributed by atoms with Crippen LogP contribution >= 0.6 is 7.92 Å². The molecule has 0 fully saturated rings. The van der Waals surface area contributed by atoms with Crippen molar-refractivity contribution < 1.29 is 30.3 Å². The minimum Gasteiger partial charge on any atom is -0.481 e. The first-order chi connectivity index (χ1) is 11.4. The summed E-state index contributed by atoms with van der Waals surface area (Å²) < 4.78 is 0. The molecule has 1 N–H and O–H groups in total. The van der Waals surface area contributed by atoms with Gasteiger partial charge in [0.2, 0.25) is 0 Å². The van der Waals surface area contributed by atoms with Crippen LogP contribution in [0.4, 0.5) is 0 Å². The van der Waals surface area contributed by atoms with Gasteiger partial charge in [-0.2, -0.15) is 0 Å². The number of carboxylic acid groups (broad SMARTS) is 1. The molecule has 2 aromatic rings. The molecule has 4 heteroatoms. The third kappa shape index (κ3) is 7.71. The van der Waals surface area contributed by atoms with Gasteiger partial charge in [-0.3, -0.25) is 4.79 Å². The monoisotopic (exact) mass is 464 g/mol. The van der Waals surface area contributed by atoms with Crippen molar-refractivity contribution in [2.45, 2.75) is 58.8 Å². The Hall–Kier alpha value is -0.998. The number of aliphatic carboxylic acids is 1. The van der Waals surface area contributed by atoms with Crippen molar-refractivity contribution in [2.24, 2.45) is 0 Å². The quantitative estimate of drug-likeness (QED) is 0.428. The summed E-state index contributed by atoms with van der Waals surface area (Å²) >= 11 is 0. The van der Waals surface area contributed by atoms with Crippen molar-refractivity contribution >= 4 is 19.2 Å². The van der Waals surface area contributed by atoms with Gasteiger partial charge in [-0.25, -0.2) is 0 Å². The Morgan fingerprint density at radius 1 is 0.808 bits per heavy atom. The summed E-state index contributed by atoms with van der Waals surface area (Å²) in [6, 6.07) is 19.7. The first-order valence-corrected chi connectivity index (χ1v) is 9.93. The number of carbonyl (C=O) groups is 1. The molecule has 0 atom stereocenters. The average Bonchev–Trinajstić information content (AvgIpc) is 2.45. The second-order valence-corrected chi connectivity index (χ2v) is 11.9. The van der Waals surface area contributed by atoms with E-state index in [-0.39, 0.29) is 28.3 Å². The first kappa shape index (κ1) is 25.0. The zero-order chi connectivity index (χ0) is 19.3. The topological polar surface area (TPSA) is 37.3 Å². The van der Waals surface area contributed by atoms with Crippen LogP contribution in [0.5, 0.6) is 0 Å². The Labute approximate surface area is 173 Å². The molecule has 2 aromatic carbocycles. The van der Waals surface area contributed by atoms with Gasteiger partial charge < -0.3 is 5.11 Å². The molecule has 0 saturated heterocycles. The van der Waals surface area contributed by atoms with Crippen molar-refractivity contribution in [3.05, 3.63) is 54.6 Å². The molecule has 0 saturated carbocycles. The number of carboxylic acids is 1. The number of hydrogen-bond acceptors (Lipinski definition) is 1. The maximum absolute atomic E-state index is 9.00. The van der Waals surface area contributed by atoms with Crippen LogP contribution in [0.2, 0.25) is 0 Å². The number of benzene rings is 2. The SMILES string of the molecule is CC(=O)O.CC(C)(C)P(c1ccccc1-c1ccccc1)C(C)(C)C.[Pd]. The second-order valence-electron chi connectivity index (χ2n) is 8.08. The van der Waals surface area contributed by atoms with Crippen molar-refractivity contribution in [2.75, 3.05) is 0 Å². The third-order valence-electron chi connectivity index (χ3n) is 3.57. The number of rotatable bonds is 2. The Kier molecular flexibility index (Phi) is 9.97. The second kappa shape index (κ2) is 10.4. The smallest absolute Gasteiger partial charge is 0.300 e. The van der Waals surface area contributed by atoms with Gasteiger partial charge in [-0.15, -0.1) is 0 Å². The Morgan fingerprint density at radius 3 is 1.62 bits per heavy atom. The van der Waals surface area contributed by atoms with Gasteiger partial charge in [0.15, 0.2) is 0 Å². The molecule has 0 bridgehead atoms. The predicted molar refractivity (Wildman–Crippen MR) is 111 cm³/mol. The van der Waals surface area contributed by atoms with Crippen molar-refractivity contribution in [3.63, 3.8) is 0 Å². The molecule has 0 aliphatic carbocycles. The molecule has 0 aliphatic rings. The summed E-state index contributed by atoms with van der Waals surface area (Å²) in [7, 11) is -0.282. The van der Waals surface area contributed by atoms with Crippen LogP contribution in [-0.2, 0) is 25.2 Å². The van der Waals surface area contributed by atoms with E-state index in [4.69, 9.17) is 9.90 Å². The molecular formula is C22H31O2PPd. The predicted octanol–water partition coefficient (Wildman–Crippen LogP) is 6.15. The molecule has 0 radical (unpaired) electrons. The van der Waals surface area contributed by atoms with E-state index < -0.39 is 5.97 Å². The fraction of sp³-hybridized carbons (Fsp3) is 0.409. The Balaban J connectivity index is 0.00000113. The summed E-state index contributed by atoms with van der Waals surface area (Å²) in [5, 5.41) is 9.52. The van der Waals surface area contributed by atoms with E-state index in [1.54, 1.807) is 0 Å². The minimum absolute atomic E-state index is 0. The molecule has 2 rings (SSSR count). The van der Waals surface area contributed by atoms with E-state index >= 15 is 0 Å². The Bertz CT molecular complexity index is 667.